The molecular weight excluding hydrogens is 270 g/mol. The van der Waals surface area contributed by atoms with Gasteiger partial charge in [0.05, 0.1) is 0 Å². The quantitative estimate of drug-likeness (QED) is 0.727. The van der Waals surface area contributed by atoms with E-state index >= 15 is 0 Å². The third-order valence-electron chi connectivity index (χ3n) is 3.89. The van der Waals surface area contributed by atoms with Crippen LogP contribution in [0, 0.1) is 17.6 Å². The topological polar surface area (TPSA) is 15.3 Å². The average molecular weight is 296 g/mol. The Hall–Kier alpha value is -1.16. The van der Waals surface area contributed by atoms with Crippen molar-refractivity contribution in [3.63, 3.8) is 0 Å². The lowest BCUT2D eigenvalue weighted by Crippen LogP contribution is -2.34. The summed E-state index contributed by atoms with van der Waals surface area (Å²) in [6.45, 7) is 8.14. The minimum Gasteiger partial charge on any atom is -0.364 e. The largest absolute Gasteiger partial charge is 0.364 e. The van der Waals surface area contributed by atoms with E-state index in [4.69, 9.17) is 0 Å². The van der Waals surface area contributed by atoms with Gasteiger partial charge in [-0.2, -0.15) is 0 Å². The van der Waals surface area contributed by atoms with Crippen LogP contribution in [0.1, 0.15) is 45.6 Å². The molecule has 0 aliphatic heterocycles. The van der Waals surface area contributed by atoms with Gasteiger partial charge >= 0.3 is 0 Å². The molecule has 0 bridgehead atoms. The number of benzene rings is 1. The zero-order valence-electron chi connectivity index (χ0n) is 13.3. The fourth-order valence-electron chi connectivity index (χ4n) is 2.54. The first-order valence-electron chi connectivity index (χ1n) is 7.98. The molecule has 4 heteroatoms. The molecule has 0 atom stereocenters. The summed E-state index contributed by atoms with van der Waals surface area (Å²) in [5.74, 6) is -0.299. The summed E-state index contributed by atoms with van der Waals surface area (Å²) in [7, 11) is 0. The maximum atomic E-state index is 14.4. The molecular formula is C17H26F2N2. The third-order valence-corrected chi connectivity index (χ3v) is 3.89. The second kappa shape index (κ2) is 7.21. The van der Waals surface area contributed by atoms with Crippen LogP contribution in [0.4, 0.5) is 14.5 Å². The molecule has 1 aliphatic carbocycles. The smallest absolute Gasteiger partial charge is 0.149 e. The number of halogens is 2. The van der Waals surface area contributed by atoms with E-state index in [1.165, 1.54) is 25.0 Å². The van der Waals surface area contributed by atoms with Crippen molar-refractivity contribution >= 4 is 5.69 Å². The predicted molar refractivity (Wildman–Crippen MR) is 83.6 cm³/mol. The number of anilines is 1. The van der Waals surface area contributed by atoms with E-state index in [9.17, 15) is 8.78 Å². The zero-order chi connectivity index (χ0) is 15.4. The van der Waals surface area contributed by atoms with E-state index < -0.39 is 11.6 Å². The standard InChI is InChI=1S/C17H26F2N2/c1-4-7-20-10-14-8-15(18)17(16(19)9-14)21(12(2)3)11-13-5-6-13/h8-9,12-13,20H,4-7,10-11H2,1-3H3. The Morgan fingerprint density at radius 1 is 1.24 bits per heavy atom. The van der Waals surface area contributed by atoms with E-state index in [-0.39, 0.29) is 11.7 Å². The highest BCUT2D eigenvalue weighted by molar-refractivity contribution is 5.51. The van der Waals surface area contributed by atoms with Gasteiger partial charge in [0.1, 0.15) is 17.3 Å². The van der Waals surface area contributed by atoms with E-state index in [2.05, 4.69) is 12.2 Å². The molecule has 0 unspecified atom stereocenters. The summed E-state index contributed by atoms with van der Waals surface area (Å²) < 4.78 is 28.8. The van der Waals surface area contributed by atoms with Crippen LogP contribution in [0.25, 0.3) is 0 Å². The Morgan fingerprint density at radius 3 is 2.33 bits per heavy atom. The third kappa shape index (κ3) is 4.40. The second-order valence-electron chi connectivity index (χ2n) is 6.27. The van der Waals surface area contributed by atoms with Crippen LogP contribution in [0.15, 0.2) is 12.1 Å². The summed E-state index contributed by atoms with van der Waals surface area (Å²) in [4.78, 5) is 1.87. The van der Waals surface area contributed by atoms with Gasteiger partial charge in [-0.25, -0.2) is 8.78 Å². The molecule has 0 amide bonds. The van der Waals surface area contributed by atoms with Gasteiger partial charge in [-0.05, 0) is 63.3 Å². The van der Waals surface area contributed by atoms with Crippen LogP contribution in [-0.2, 0) is 6.54 Å². The normalized spacial score (nSPS) is 14.8. The van der Waals surface area contributed by atoms with Crippen molar-refractivity contribution in [2.45, 2.75) is 52.6 Å². The van der Waals surface area contributed by atoms with Crippen molar-refractivity contribution in [1.82, 2.24) is 5.32 Å². The molecule has 2 nitrogen and oxygen atoms in total. The molecule has 0 spiro atoms. The minimum atomic E-state index is -0.447. The molecule has 0 saturated heterocycles. The first-order chi connectivity index (χ1) is 10.0. The van der Waals surface area contributed by atoms with E-state index in [1.54, 1.807) is 0 Å². The van der Waals surface area contributed by atoms with Gasteiger partial charge in [-0.15, -0.1) is 0 Å². The highest BCUT2D eigenvalue weighted by atomic mass is 19.1. The number of hydrogen-bond donors (Lipinski definition) is 1. The number of nitrogens with one attached hydrogen (secondary N) is 1. The Kier molecular flexibility index (Phi) is 5.57. The lowest BCUT2D eigenvalue weighted by Gasteiger charge is -2.30. The summed E-state index contributed by atoms with van der Waals surface area (Å²) in [6.07, 6.45) is 3.35. The van der Waals surface area contributed by atoms with Crippen LogP contribution >= 0.6 is 0 Å². The SMILES string of the molecule is CCCNCc1cc(F)c(N(CC2CC2)C(C)C)c(F)c1. The van der Waals surface area contributed by atoms with E-state index in [1.807, 2.05) is 18.7 Å². The van der Waals surface area contributed by atoms with Crippen molar-refractivity contribution in [2.24, 2.45) is 5.92 Å². The molecule has 0 heterocycles. The van der Waals surface area contributed by atoms with E-state index in [0.717, 1.165) is 19.5 Å². The molecule has 0 aromatic heterocycles. The maximum Gasteiger partial charge on any atom is 0.149 e. The molecule has 118 valence electrons. The zero-order valence-corrected chi connectivity index (χ0v) is 13.3. The average Bonchev–Trinajstić information content (AvgIpc) is 3.21. The van der Waals surface area contributed by atoms with Crippen LogP contribution < -0.4 is 10.2 Å². The molecule has 1 fully saturated rings. The first kappa shape index (κ1) is 16.2. The second-order valence-corrected chi connectivity index (χ2v) is 6.27. The van der Waals surface area contributed by atoms with Crippen LogP contribution in [0.3, 0.4) is 0 Å². The first-order valence-corrected chi connectivity index (χ1v) is 7.98. The number of rotatable bonds is 8. The Morgan fingerprint density at radius 2 is 1.86 bits per heavy atom. The predicted octanol–water partition coefficient (Wildman–Crippen LogP) is 4.09. The van der Waals surface area contributed by atoms with Crippen LogP contribution in [0.5, 0.6) is 0 Å². The molecule has 1 aliphatic rings. The highest BCUT2D eigenvalue weighted by Gasteiger charge is 2.28. The van der Waals surface area contributed by atoms with Crippen molar-refractivity contribution in [2.75, 3.05) is 18.0 Å². The lowest BCUT2D eigenvalue weighted by atomic mass is 10.1. The molecule has 2 rings (SSSR count). The Bertz CT molecular complexity index is 447. The maximum absolute atomic E-state index is 14.4. The lowest BCUT2D eigenvalue weighted by molar-refractivity contribution is 0.542. The van der Waals surface area contributed by atoms with Gasteiger partial charge in [0.15, 0.2) is 0 Å². The molecule has 1 aromatic rings. The van der Waals surface area contributed by atoms with Crippen molar-refractivity contribution in [1.29, 1.82) is 0 Å². The summed E-state index contributed by atoms with van der Waals surface area (Å²) in [5, 5.41) is 3.17. The molecule has 21 heavy (non-hydrogen) atoms. The minimum absolute atomic E-state index is 0.0960. The van der Waals surface area contributed by atoms with Gasteiger partial charge in [0.25, 0.3) is 0 Å². The molecule has 1 N–H and O–H groups in total. The molecule has 0 radical (unpaired) electrons. The van der Waals surface area contributed by atoms with Gasteiger partial charge in [0, 0.05) is 19.1 Å². The number of nitrogens with zero attached hydrogens (tertiary/aromatic N) is 1. The highest BCUT2D eigenvalue weighted by Crippen LogP contribution is 2.34. The fourth-order valence-corrected chi connectivity index (χ4v) is 2.54. The Balaban J connectivity index is 2.17. The summed E-state index contributed by atoms with van der Waals surface area (Å²) in [6, 6.07) is 3.02. The Labute approximate surface area is 126 Å². The van der Waals surface area contributed by atoms with Gasteiger partial charge in [-0.3, -0.25) is 0 Å². The van der Waals surface area contributed by atoms with Crippen molar-refractivity contribution < 1.29 is 8.78 Å². The van der Waals surface area contributed by atoms with Crippen LogP contribution in [-0.4, -0.2) is 19.1 Å². The van der Waals surface area contributed by atoms with E-state index in [0.29, 0.717) is 18.0 Å². The molecule has 1 saturated carbocycles. The van der Waals surface area contributed by atoms with Gasteiger partial charge < -0.3 is 10.2 Å². The van der Waals surface area contributed by atoms with Crippen LogP contribution in [0.2, 0.25) is 0 Å². The summed E-state index contributed by atoms with van der Waals surface area (Å²) >= 11 is 0. The van der Waals surface area contributed by atoms with Crippen molar-refractivity contribution in [3.8, 4) is 0 Å². The number of hydrogen-bond acceptors (Lipinski definition) is 2. The molecule has 1 aromatic carbocycles. The monoisotopic (exact) mass is 296 g/mol. The summed E-state index contributed by atoms with van der Waals surface area (Å²) in [5.41, 5.74) is 0.800. The van der Waals surface area contributed by atoms with Gasteiger partial charge in [-0.1, -0.05) is 6.92 Å². The van der Waals surface area contributed by atoms with Crippen molar-refractivity contribution in [3.05, 3.63) is 29.3 Å². The fraction of sp³-hybridized carbons (Fsp3) is 0.647. The van der Waals surface area contributed by atoms with Gasteiger partial charge in [0.2, 0.25) is 0 Å².